The summed E-state index contributed by atoms with van der Waals surface area (Å²) in [5.41, 5.74) is 21.8. The van der Waals surface area contributed by atoms with Crippen LogP contribution in [0.4, 0.5) is 51.2 Å². The minimum absolute atomic E-state index is 0.0991. The average molecular weight is 1040 g/mol. The first kappa shape index (κ1) is 48.8. The van der Waals surface area contributed by atoms with Crippen LogP contribution in [-0.2, 0) is 17.9 Å². The lowest BCUT2D eigenvalue weighted by Crippen LogP contribution is -2.59. The number of benzene rings is 10. The Morgan fingerprint density at radius 3 is 1.70 bits per heavy atom. The molecule has 386 valence electrons. The maximum atomic E-state index is 7.52. The quantitative estimate of drug-likeness (QED) is 0.148. The number of nitrogens with zero attached hydrogens (tertiary/aromatic N) is 4. The van der Waals surface area contributed by atoms with Gasteiger partial charge in [0.2, 0.25) is 0 Å². The molecular formula is C72H63BN4OS. The lowest BCUT2D eigenvalue weighted by molar-refractivity contribution is 0.483. The normalized spacial score (nSPS) is 13.0. The van der Waals surface area contributed by atoms with E-state index in [-0.39, 0.29) is 17.5 Å². The number of aryl methyl sites for hydroxylation is 4. The van der Waals surface area contributed by atoms with Crippen molar-refractivity contribution in [2.75, 3.05) is 14.7 Å². The Balaban J connectivity index is 1.01. The van der Waals surface area contributed by atoms with Crippen LogP contribution in [0.15, 0.2) is 200 Å². The van der Waals surface area contributed by atoms with E-state index in [2.05, 4.69) is 289 Å². The predicted molar refractivity (Wildman–Crippen MR) is 340 cm³/mol. The summed E-state index contributed by atoms with van der Waals surface area (Å²) in [6.07, 6.45) is 0. The molecule has 0 saturated heterocycles. The molecule has 2 aromatic heterocycles. The van der Waals surface area contributed by atoms with Crippen molar-refractivity contribution in [1.82, 2.24) is 4.57 Å². The second-order valence-corrected chi connectivity index (χ2v) is 25.2. The highest BCUT2D eigenvalue weighted by molar-refractivity contribution is 7.25. The molecule has 10 aromatic carbocycles. The Morgan fingerprint density at radius 1 is 0.443 bits per heavy atom. The molecule has 5 nitrogen and oxygen atoms in total. The van der Waals surface area contributed by atoms with Gasteiger partial charge in [-0.3, -0.25) is 0 Å². The topological polar surface area (TPSA) is 23.9 Å². The van der Waals surface area contributed by atoms with Crippen molar-refractivity contribution in [3.8, 4) is 11.5 Å². The molecule has 14 rings (SSSR count). The molecule has 0 aliphatic carbocycles. The Labute approximate surface area is 468 Å². The van der Waals surface area contributed by atoms with Gasteiger partial charge in [0.15, 0.2) is 0 Å². The van der Waals surface area contributed by atoms with Gasteiger partial charge in [-0.25, -0.2) is 0 Å². The fourth-order valence-corrected chi connectivity index (χ4v) is 13.5. The molecule has 0 fully saturated rings. The monoisotopic (exact) mass is 1040 g/mol. The van der Waals surface area contributed by atoms with E-state index in [0.717, 1.165) is 68.0 Å². The molecule has 0 N–H and O–H groups in total. The average Bonchev–Trinajstić information content (AvgIpc) is 4.13. The summed E-state index contributed by atoms with van der Waals surface area (Å²) in [6.45, 7) is 20.3. The van der Waals surface area contributed by atoms with Gasteiger partial charge < -0.3 is 24.0 Å². The maximum Gasteiger partial charge on any atom is 0.256 e. The number of aromatic nitrogens is 1. The Hall–Kier alpha value is -8.52. The van der Waals surface area contributed by atoms with Gasteiger partial charge in [-0.1, -0.05) is 149 Å². The van der Waals surface area contributed by atoms with Crippen molar-refractivity contribution in [1.29, 1.82) is 0 Å². The fraction of sp³-hybridized carbons (Fsp3) is 0.167. The summed E-state index contributed by atoms with van der Waals surface area (Å²) in [6, 6.07) is 75.3. The second-order valence-electron chi connectivity index (χ2n) is 24.2. The first-order valence-electron chi connectivity index (χ1n) is 27.7. The zero-order chi connectivity index (χ0) is 54.2. The van der Waals surface area contributed by atoms with Gasteiger partial charge in [0, 0.05) is 89.4 Å². The van der Waals surface area contributed by atoms with Crippen LogP contribution in [0.25, 0.3) is 42.0 Å². The van der Waals surface area contributed by atoms with E-state index in [1.165, 1.54) is 80.9 Å². The summed E-state index contributed by atoms with van der Waals surface area (Å²) in [5, 5.41) is 4.98. The molecule has 4 heterocycles. The second kappa shape index (κ2) is 18.0. The zero-order valence-electron chi connectivity index (χ0n) is 46.7. The van der Waals surface area contributed by atoms with E-state index >= 15 is 0 Å². The van der Waals surface area contributed by atoms with E-state index in [1.54, 1.807) is 0 Å². The highest BCUT2D eigenvalue weighted by Crippen LogP contribution is 2.50. The Morgan fingerprint density at radius 2 is 1.03 bits per heavy atom. The molecule has 79 heavy (non-hydrogen) atoms. The molecule has 7 heteroatoms. The van der Waals surface area contributed by atoms with Gasteiger partial charge in [-0.15, -0.1) is 11.3 Å². The molecule has 0 radical (unpaired) electrons. The van der Waals surface area contributed by atoms with E-state index in [4.69, 9.17) is 4.74 Å². The van der Waals surface area contributed by atoms with E-state index < -0.39 is 0 Å². The number of anilines is 9. The highest BCUT2D eigenvalue weighted by Gasteiger charge is 2.44. The van der Waals surface area contributed by atoms with Crippen LogP contribution in [0.3, 0.4) is 0 Å². The van der Waals surface area contributed by atoms with Crippen molar-refractivity contribution in [2.24, 2.45) is 7.05 Å². The number of rotatable bonds is 7. The molecule has 0 bridgehead atoms. The van der Waals surface area contributed by atoms with Crippen LogP contribution in [0, 0.1) is 20.8 Å². The Kier molecular flexibility index (Phi) is 11.1. The molecule has 0 unspecified atom stereocenters. The third-order valence-corrected chi connectivity index (χ3v) is 17.9. The zero-order valence-corrected chi connectivity index (χ0v) is 47.6. The number of ether oxygens (including phenoxy) is 1. The molecule has 0 atom stereocenters. The van der Waals surface area contributed by atoms with E-state index in [1.807, 2.05) is 11.3 Å². The van der Waals surface area contributed by atoms with Crippen LogP contribution in [0.2, 0.25) is 0 Å². The number of fused-ring (bicyclic) bond motifs is 10. The van der Waals surface area contributed by atoms with Crippen LogP contribution >= 0.6 is 11.3 Å². The number of hydrogen-bond acceptors (Lipinski definition) is 5. The van der Waals surface area contributed by atoms with Crippen molar-refractivity contribution in [3.05, 3.63) is 228 Å². The van der Waals surface area contributed by atoms with Crippen molar-refractivity contribution in [3.63, 3.8) is 0 Å². The first-order valence-corrected chi connectivity index (χ1v) is 28.5. The summed E-state index contributed by atoms with van der Waals surface area (Å²) in [4.78, 5) is 7.42. The highest BCUT2D eigenvalue weighted by atomic mass is 32.1. The van der Waals surface area contributed by atoms with E-state index in [9.17, 15) is 0 Å². The van der Waals surface area contributed by atoms with Gasteiger partial charge in [-0.2, -0.15) is 0 Å². The summed E-state index contributed by atoms with van der Waals surface area (Å²) >= 11 is 1.85. The fourth-order valence-electron chi connectivity index (χ4n) is 12.4. The largest absolute Gasteiger partial charge is 0.458 e. The predicted octanol–water partition coefficient (Wildman–Crippen LogP) is 18.6. The molecule has 2 aliphatic rings. The van der Waals surface area contributed by atoms with Gasteiger partial charge in [0.1, 0.15) is 11.5 Å². The molecule has 0 spiro atoms. The lowest BCUT2D eigenvalue weighted by Gasteiger charge is -2.42. The van der Waals surface area contributed by atoms with Crippen LogP contribution < -0.4 is 35.8 Å². The first-order chi connectivity index (χ1) is 38.1. The minimum atomic E-state index is -0.195. The van der Waals surface area contributed by atoms with Crippen molar-refractivity contribution >= 4 is 128 Å². The molecule has 2 aliphatic heterocycles. The van der Waals surface area contributed by atoms with Crippen LogP contribution in [0.5, 0.6) is 11.5 Å². The SMILES string of the molecule is Cc1ccc(N(c2ccc3c(c2)Oc2cc(C(C)(C)C)cc4c2B3c2cc(C(C)(C)C)ccc2N4c2cc(N(c3ccc(C)cc3)c3ccc(C)cc3)c3c4ccccc4n(C)c3c2)c2ccc3sc4ccccc4c3c2)cc1. The molecule has 0 saturated carbocycles. The van der Waals surface area contributed by atoms with Crippen molar-refractivity contribution < 1.29 is 4.74 Å². The number of para-hydroxylation sites is 1. The third kappa shape index (κ3) is 8.03. The lowest BCUT2D eigenvalue weighted by atomic mass is 9.34. The summed E-state index contributed by atoms with van der Waals surface area (Å²) in [7, 11) is 2.22. The summed E-state index contributed by atoms with van der Waals surface area (Å²) < 4.78 is 12.5. The number of thiophene rings is 1. The molecule has 12 aromatic rings. The standard InChI is InChI=1S/C72H63BN4OS/c1-44-19-26-49(27-20-44)75(52-33-36-68-57(40-52)55-15-12-14-18-67(55)79-68)53-32-34-58-65(43-53)78-66-39-48(72(7,8)9)38-64-70(66)73(58)59-37-47(71(4,5)6)25-35-61(59)77(64)54-41-62-69(56-16-11-13-17-60(56)74(62)10)63(42-54)76(50-28-21-45(2)22-29-50)51-30-23-46(3)24-31-51/h11-43H,1-10H3. The third-order valence-electron chi connectivity index (χ3n) is 16.7. The molecular weight excluding hydrogens is 980 g/mol. The van der Waals surface area contributed by atoms with Gasteiger partial charge >= 0.3 is 0 Å². The Bertz CT molecular complexity index is 4380. The van der Waals surface area contributed by atoms with E-state index in [0.29, 0.717) is 0 Å². The maximum absolute atomic E-state index is 7.52. The van der Waals surface area contributed by atoms with Crippen LogP contribution in [0.1, 0.15) is 69.4 Å². The minimum Gasteiger partial charge on any atom is -0.458 e. The smallest absolute Gasteiger partial charge is 0.256 e. The summed E-state index contributed by atoms with van der Waals surface area (Å²) in [5.74, 6) is 1.77. The molecule has 0 amide bonds. The van der Waals surface area contributed by atoms with Crippen molar-refractivity contribution in [2.45, 2.75) is 73.1 Å². The van der Waals surface area contributed by atoms with Gasteiger partial charge in [0.05, 0.1) is 16.9 Å². The van der Waals surface area contributed by atoms with Gasteiger partial charge in [-0.05, 0) is 162 Å². The number of hydrogen-bond donors (Lipinski definition) is 0. The van der Waals surface area contributed by atoms with Gasteiger partial charge in [0.25, 0.3) is 6.71 Å². The van der Waals surface area contributed by atoms with Crippen LogP contribution in [-0.4, -0.2) is 11.3 Å².